The molecule has 0 unspecified atom stereocenters. The Hall–Kier alpha value is -0.134. The van der Waals surface area contributed by atoms with Crippen molar-refractivity contribution in [3.8, 4) is 0 Å². The summed E-state index contributed by atoms with van der Waals surface area (Å²) in [5.74, 6) is -0.727. The summed E-state index contributed by atoms with van der Waals surface area (Å²) in [5.41, 5.74) is 2.31. The molecule has 0 radical (unpaired) electrons. The van der Waals surface area contributed by atoms with Crippen LogP contribution >= 0.6 is 0 Å². The molecule has 1 aromatic carbocycles. The number of rotatable bonds is 4. The zero-order valence-electron chi connectivity index (χ0n) is 10.4. The van der Waals surface area contributed by atoms with Crippen molar-refractivity contribution in [3.05, 3.63) is 36.0 Å². The van der Waals surface area contributed by atoms with Gasteiger partial charge in [0.05, 0.1) is 0 Å². The summed E-state index contributed by atoms with van der Waals surface area (Å²) in [6, 6.07) is 8.06. The van der Waals surface area contributed by atoms with Crippen LogP contribution in [0, 0.1) is 0 Å². The summed E-state index contributed by atoms with van der Waals surface area (Å²) in [7, 11) is 0. The predicted molar refractivity (Wildman–Crippen MR) is 60.0 cm³/mol. The third-order valence-electron chi connectivity index (χ3n) is 2.51. The van der Waals surface area contributed by atoms with Crippen LogP contribution in [0.25, 0.3) is 10.9 Å². The van der Waals surface area contributed by atoms with Crippen LogP contribution in [0.15, 0.2) is 30.5 Å². The number of aliphatic carboxylic acids is 1. The molecule has 3 nitrogen and oxygen atoms in total. The van der Waals surface area contributed by atoms with E-state index in [1.807, 2.05) is 24.4 Å². The van der Waals surface area contributed by atoms with E-state index < -0.39 is 5.97 Å². The molecule has 1 heterocycles. The maximum atomic E-state index is 10.4. The van der Waals surface area contributed by atoms with Crippen molar-refractivity contribution in [1.29, 1.82) is 0 Å². The van der Waals surface area contributed by atoms with Crippen LogP contribution in [0.1, 0.15) is 19.8 Å². The zero-order valence-corrected chi connectivity index (χ0v) is 12.5. The van der Waals surface area contributed by atoms with Crippen LogP contribution in [0.5, 0.6) is 0 Å². The normalized spacial score (nSPS) is 10.0. The van der Waals surface area contributed by atoms with E-state index in [2.05, 4.69) is 11.1 Å². The van der Waals surface area contributed by atoms with Gasteiger partial charge in [0.25, 0.3) is 0 Å². The molecule has 0 atom stereocenters. The first-order valence-electron chi connectivity index (χ1n) is 5.04. The minimum atomic E-state index is -0.727. The second-order valence-corrected chi connectivity index (χ2v) is 3.61. The standard InChI is InChI=1S/C12H13NO2.K.H/c14-12(15)7-3-4-9-8-13-11-6-2-1-5-10(9)11;;/h1-2,5-6,8,13H,3-4,7H2,(H,14,15);;/q;+1;-1. The number of carboxylic acids is 1. The third-order valence-corrected chi connectivity index (χ3v) is 2.51. The van der Waals surface area contributed by atoms with Crippen LogP contribution in [-0.4, -0.2) is 16.1 Å². The Morgan fingerprint density at radius 3 is 2.88 bits per heavy atom. The molecule has 80 valence electrons. The first-order valence-corrected chi connectivity index (χ1v) is 5.04. The number of H-pyrrole nitrogens is 1. The number of hydrogen-bond donors (Lipinski definition) is 2. The molecule has 2 rings (SSSR count). The van der Waals surface area contributed by atoms with E-state index in [0.717, 1.165) is 11.9 Å². The van der Waals surface area contributed by atoms with Crippen LogP contribution in [-0.2, 0) is 11.2 Å². The third kappa shape index (κ3) is 3.43. The monoisotopic (exact) mass is 243 g/mol. The summed E-state index contributed by atoms with van der Waals surface area (Å²) < 4.78 is 0. The van der Waals surface area contributed by atoms with Crippen molar-refractivity contribution in [2.75, 3.05) is 0 Å². The Bertz CT molecular complexity index is 484. The average Bonchev–Trinajstić information content (AvgIpc) is 2.62. The minimum Gasteiger partial charge on any atom is -1.00 e. The minimum absolute atomic E-state index is 0. The van der Waals surface area contributed by atoms with Crippen molar-refractivity contribution in [1.82, 2.24) is 4.98 Å². The fourth-order valence-corrected chi connectivity index (χ4v) is 1.77. The topological polar surface area (TPSA) is 53.1 Å². The van der Waals surface area contributed by atoms with Crippen molar-refractivity contribution in [3.63, 3.8) is 0 Å². The molecular formula is C12H14KNO2. The summed E-state index contributed by atoms with van der Waals surface area (Å²) >= 11 is 0. The fourth-order valence-electron chi connectivity index (χ4n) is 1.77. The number of hydrogen-bond acceptors (Lipinski definition) is 1. The first kappa shape index (κ1) is 13.9. The van der Waals surface area contributed by atoms with Crippen molar-refractivity contribution >= 4 is 16.9 Å². The Labute approximate surface area is 138 Å². The van der Waals surface area contributed by atoms with Crippen LogP contribution in [0.3, 0.4) is 0 Å². The number of carboxylic acid groups (broad SMARTS) is 1. The van der Waals surface area contributed by atoms with E-state index in [-0.39, 0.29) is 59.2 Å². The number of benzene rings is 1. The summed E-state index contributed by atoms with van der Waals surface area (Å²) in [4.78, 5) is 13.6. The van der Waals surface area contributed by atoms with E-state index in [4.69, 9.17) is 5.11 Å². The molecule has 0 saturated heterocycles. The number of carbonyl (C=O) groups is 1. The van der Waals surface area contributed by atoms with Gasteiger partial charge in [0, 0.05) is 23.5 Å². The largest absolute Gasteiger partial charge is 1.00 e. The van der Waals surface area contributed by atoms with Crippen LogP contribution in [0.4, 0.5) is 0 Å². The summed E-state index contributed by atoms with van der Waals surface area (Å²) in [5, 5.41) is 9.74. The molecule has 0 aliphatic heterocycles. The average molecular weight is 243 g/mol. The van der Waals surface area contributed by atoms with Gasteiger partial charge < -0.3 is 11.5 Å². The van der Waals surface area contributed by atoms with E-state index in [1.165, 1.54) is 10.9 Å². The number of aromatic nitrogens is 1. The second kappa shape index (κ2) is 6.57. The van der Waals surface area contributed by atoms with Crippen molar-refractivity contribution in [2.24, 2.45) is 0 Å². The zero-order chi connectivity index (χ0) is 10.7. The molecule has 0 aliphatic rings. The molecule has 16 heavy (non-hydrogen) atoms. The Morgan fingerprint density at radius 1 is 1.38 bits per heavy atom. The number of aryl methyl sites for hydroxylation is 1. The first-order chi connectivity index (χ1) is 7.27. The molecule has 0 saturated carbocycles. The molecule has 2 N–H and O–H groups in total. The van der Waals surface area contributed by atoms with Gasteiger partial charge in [-0.05, 0) is 24.5 Å². The molecule has 4 heteroatoms. The van der Waals surface area contributed by atoms with Gasteiger partial charge in [0.15, 0.2) is 0 Å². The Morgan fingerprint density at radius 2 is 2.12 bits per heavy atom. The fraction of sp³-hybridized carbons (Fsp3) is 0.250. The van der Waals surface area contributed by atoms with Gasteiger partial charge in [-0.1, -0.05) is 18.2 Å². The van der Waals surface area contributed by atoms with Crippen molar-refractivity contribution < 1.29 is 62.7 Å². The van der Waals surface area contributed by atoms with E-state index in [1.54, 1.807) is 0 Å². The smallest absolute Gasteiger partial charge is 1.00 e. The van der Waals surface area contributed by atoms with Gasteiger partial charge >= 0.3 is 57.4 Å². The second-order valence-electron chi connectivity index (χ2n) is 3.61. The van der Waals surface area contributed by atoms with Gasteiger partial charge in [-0.15, -0.1) is 0 Å². The molecular weight excluding hydrogens is 229 g/mol. The maximum Gasteiger partial charge on any atom is 1.00 e. The summed E-state index contributed by atoms with van der Waals surface area (Å²) in [6.07, 6.45) is 3.71. The Balaban J connectivity index is 0.00000128. The van der Waals surface area contributed by atoms with E-state index in [9.17, 15) is 4.79 Å². The number of aromatic amines is 1. The summed E-state index contributed by atoms with van der Waals surface area (Å²) in [6.45, 7) is 0. The van der Waals surface area contributed by atoms with Gasteiger partial charge in [0.1, 0.15) is 0 Å². The predicted octanol–water partition coefficient (Wildman–Crippen LogP) is -0.308. The number of para-hydroxylation sites is 1. The quantitative estimate of drug-likeness (QED) is 0.724. The molecule has 0 fully saturated rings. The molecule has 0 amide bonds. The number of nitrogens with one attached hydrogen (secondary N) is 1. The van der Waals surface area contributed by atoms with Crippen LogP contribution in [0.2, 0.25) is 0 Å². The van der Waals surface area contributed by atoms with Gasteiger partial charge in [0.2, 0.25) is 0 Å². The molecule has 2 aromatic rings. The molecule has 1 aromatic heterocycles. The van der Waals surface area contributed by atoms with Crippen LogP contribution < -0.4 is 51.4 Å². The molecule has 0 spiro atoms. The SMILES string of the molecule is O=C(O)CCCc1c[nH]c2ccccc12.[H-].[K+]. The number of fused-ring (bicyclic) bond motifs is 1. The molecule has 0 bridgehead atoms. The van der Waals surface area contributed by atoms with E-state index in [0.29, 0.717) is 6.42 Å². The van der Waals surface area contributed by atoms with Gasteiger partial charge in [-0.25, -0.2) is 0 Å². The van der Waals surface area contributed by atoms with Crippen molar-refractivity contribution in [2.45, 2.75) is 19.3 Å². The van der Waals surface area contributed by atoms with E-state index >= 15 is 0 Å². The maximum absolute atomic E-state index is 10.4. The van der Waals surface area contributed by atoms with Gasteiger partial charge in [-0.2, -0.15) is 0 Å². The van der Waals surface area contributed by atoms with Gasteiger partial charge in [-0.3, -0.25) is 4.79 Å². The molecule has 0 aliphatic carbocycles. The Kier molecular flexibility index (Phi) is 5.72.